The standard InChI is InChI=1S/C14H10ClF2N5O3S/c1-8-5-6-21-13(18-8)19-14(20-21)26(24,25)22(11(23)7-15)12-9(16)3-2-4-10(12)17/h2-6H,7H2,1H3. The van der Waals surface area contributed by atoms with Crippen molar-refractivity contribution in [2.45, 2.75) is 12.1 Å². The normalized spacial score (nSPS) is 11.7. The number of nitrogens with zero attached hydrogens (tertiary/aromatic N) is 5. The van der Waals surface area contributed by atoms with Gasteiger partial charge in [-0.15, -0.1) is 16.7 Å². The summed E-state index contributed by atoms with van der Waals surface area (Å²) in [5.74, 6) is -4.68. The van der Waals surface area contributed by atoms with Gasteiger partial charge in [0.25, 0.3) is 16.8 Å². The van der Waals surface area contributed by atoms with E-state index in [0.29, 0.717) is 5.69 Å². The number of sulfonamides is 1. The van der Waals surface area contributed by atoms with Crippen LogP contribution in [0.4, 0.5) is 14.5 Å². The third kappa shape index (κ3) is 2.99. The monoisotopic (exact) mass is 401 g/mol. The van der Waals surface area contributed by atoms with Crippen molar-refractivity contribution in [3.63, 3.8) is 0 Å². The van der Waals surface area contributed by atoms with Crippen LogP contribution < -0.4 is 4.31 Å². The van der Waals surface area contributed by atoms with Gasteiger partial charge in [0.2, 0.25) is 0 Å². The van der Waals surface area contributed by atoms with Gasteiger partial charge in [-0.1, -0.05) is 6.07 Å². The van der Waals surface area contributed by atoms with Crippen molar-refractivity contribution in [2.24, 2.45) is 0 Å². The van der Waals surface area contributed by atoms with E-state index in [0.717, 1.165) is 22.7 Å². The zero-order chi connectivity index (χ0) is 19.1. The molecule has 0 N–H and O–H groups in total. The lowest BCUT2D eigenvalue weighted by Crippen LogP contribution is -2.39. The van der Waals surface area contributed by atoms with Crippen LogP contribution >= 0.6 is 11.6 Å². The van der Waals surface area contributed by atoms with Crippen molar-refractivity contribution in [1.82, 2.24) is 19.6 Å². The topological polar surface area (TPSA) is 97.5 Å². The first-order chi connectivity index (χ1) is 12.3. The number of carbonyl (C=O) groups excluding carboxylic acids is 1. The number of anilines is 1. The van der Waals surface area contributed by atoms with Crippen LogP contribution in [-0.4, -0.2) is 39.8 Å². The van der Waals surface area contributed by atoms with E-state index < -0.39 is 44.3 Å². The molecule has 26 heavy (non-hydrogen) atoms. The Morgan fingerprint density at radius 3 is 2.50 bits per heavy atom. The molecule has 0 unspecified atom stereocenters. The molecular weight excluding hydrogens is 392 g/mol. The second-order valence-electron chi connectivity index (χ2n) is 5.07. The lowest BCUT2D eigenvalue weighted by molar-refractivity contribution is -0.115. The molecule has 0 radical (unpaired) electrons. The Morgan fingerprint density at radius 1 is 1.23 bits per heavy atom. The first kappa shape index (κ1) is 18.1. The predicted molar refractivity (Wildman–Crippen MR) is 87.3 cm³/mol. The maximum Gasteiger partial charge on any atom is 0.308 e. The fraction of sp³-hybridized carbons (Fsp3) is 0.143. The van der Waals surface area contributed by atoms with Gasteiger partial charge >= 0.3 is 10.0 Å². The molecule has 1 aromatic carbocycles. The number of para-hydroxylation sites is 1. The number of fused-ring (bicyclic) bond motifs is 1. The van der Waals surface area contributed by atoms with Crippen LogP contribution in [0.5, 0.6) is 0 Å². The van der Waals surface area contributed by atoms with Crippen molar-refractivity contribution in [2.75, 3.05) is 10.2 Å². The summed E-state index contributed by atoms with van der Waals surface area (Å²) < 4.78 is 54.9. The number of alkyl halides is 1. The molecule has 0 aliphatic rings. The number of aromatic nitrogens is 4. The first-order valence-corrected chi connectivity index (χ1v) is 9.01. The molecule has 0 aliphatic heterocycles. The number of hydrogen-bond acceptors (Lipinski definition) is 6. The zero-order valence-electron chi connectivity index (χ0n) is 13.1. The first-order valence-electron chi connectivity index (χ1n) is 7.04. The number of halogens is 3. The van der Waals surface area contributed by atoms with E-state index in [1.54, 1.807) is 13.0 Å². The van der Waals surface area contributed by atoms with Crippen molar-refractivity contribution in [3.05, 3.63) is 47.8 Å². The molecule has 0 saturated carbocycles. The fourth-order valence-corrected chi connectivity index (χ4v) is 3.64. The number of rotatable bonds is 4. The summed E-state index contributed by atoms with van der Waals surface area (Å²) in [6, 6.07) is 4.20. The van der Waals surface area contributed by atoms with E-state index in [1.165, 1.54) is 6.20 Å². The van der Waals surface area contributed by atoms with Crippen LogP contribution in [0.2, 0.25) is 0 Å². The molecular formula is C14H10ClF2N5O3S. The van der Waals surface area contributed by atoms with Gasteiger partial charge in [0.15, 0.2) is 11.6 Å². The molecule has 0 saturated heterocycles. The highest BCUT2D eigenvalue weighted by Gasteiger charge is 2.37. The largest absolute Gasteiger partial charge is 0.308 e. The highest BCUT2D eigenvalue weighted by Crippen LogP contribution is 2.28. The SMILES string of the molecule is Cc1ccn2nc(S(=O)(=O)N(C(=O)CCl)c3c(F)cccc3F)nc2n1. The van der Waals surface area contributed by atoms with Gasteiger partial charge in [0.1, 0.15) is 11.6 Å². The van der Waals surface area contributed by atoms with Gasteiger partial charge in [0.05, 0.1) is 0 Å². The van der Waals surface area contributed by atoms with Crippen LogP contribution in [0, 0.1) is 18.6 Å². The van der Waals surface area contributed by atoms with E-state index in [1.807, 2.05) is 0 Å². The lowest BCUT2D eigenvalue weighted by atomic mass is 10.3. The molecule has 136 valence electrons. The van der Waals surface area contributed by atoms with Crippen molar-refractivity contribution >= 4 is 39.0 Å². The van der Waals surface area contributed by atoms with E-state index in [9.17, 15) is 22.0 Å². The number of hydrogen-bond donors (Lipinski definition) is 0. The van der Waals surface area contributed by atoms with E-state index in [-0.39, 0.29) is 10.1 Å². The third-order valence-corrected chi connectivity index (χ3v) is 5.01. The Balaban J connectivity index is 2.23. The smallest absolute Gasteiger partial charge is 0.272 e. The summed E-state index contributed by atoms with van der Waals surface area (Å²) >= 11 is 5.44. The highest BCUT2D eigenvalue weighted by atomic mass is 35.5. The Labute approximate surface area is 151 Å². The molecule has 2 aromatic heterocycles. The lowest BCUT2D eigenvalue weighted by Gasteiger charge is -2.20. The Hall–Kier alpha value is -2.66. The molecule has 0 fully saturated rings. The number of aryl methyl sites for hydroxylation is 1. The van der Waals surface area contributed by atoms with Crippen molar-refractivity contribution in [1.29, 1.82) is 0 Å². The maximum atomic E-state index is 14.1. The molecule has 0 bridgehead atoms. The molecule has 8 nitrogen and oxygen atoms in total. The molecule has 0 aliphatic carbocycles. The molecule has 3 aromatic rings. The fourth-order valence-electron chi connectivity index (χ4n) is 2.15. The van der Waals surface area contributed by atoms with Gasteiger partial charge in [-0.2, -0.15) is 17.7 Å². The van der Waals surface area contributed by atoms with Crippen molar-refractivity contribution in [3.8, 4) is 0 Å². The summed E-state index contributed by atoms with van der Waals surface area (Å²) in [5, 5.41) is 2.87. The molecule has 3 rings (SSSR count). The Bertz CT molecular complexity index is 1100. The molecule has 2 heterocycles. The van der Waals surface area contributed by atoms with Gasteiger partial charge in [0, 0.05) is 11.9 Å². The molecule has 1 amide bonds. The molecule has 12 heteroatoms. The quantitative estimate of drug-likeness (QED) is 0.617. The average Bonchev–Trinajstić information content (AvgIpc) is 3.01. The van der Waals surface area contributed by atoms with Crippen LogP contribution in [0.15, 0.2) is 35.6 Å². The molecule has 0 atom stereocenters. The highest BCUT2D eigenvalue weighted by molar-refractivity contribution is 7.93. The number of amides is 1. The summed E-state index contributed by atoms with van der Waals surface area (Å²) in [4.78, 5) is 19.8. The van der Waals surface area contributed by atoms with Gasteiger partial charge < -0.3 is 0 Å². The van der Waals surface area contributed by atoms with Crippen LogP contribution in [0.1, 0.15) is 5.69 Å². The zero-order valence-corrected chi connectivity index (χ0v) is 14.7. The van der Waals surface area contributed by atoms with Gasteiger partial charge in [-0.25, -0.2) is 18.3 Å². The summed E-state index contributed by atoms with van der Waals surface area (Å²) in [6.45, 7) is 1.65. The van der Waals surface area contributed by atoms with Gasteiger partial charge in [-0.3, -0.25) is 4.79 Å². The van der Waals surface area contributed by atoms with Crippen LogP contribution in [0.3, 0.4) is 0 Å². The average molecular weight is 402 g/mol. The number of carbonyl (C=O) groups is 1. The summed E-state index contributed by atoms with van der Waals surface area (Å²) in [6.07, 6.45) is 1.40. The van der Waals surface area contributed by atoms with E-state index in [4.69, 9.17) is 11.6 Å². The van der Waals surface area contributed by atoms with Crippen molar-refractivity contribution < 1.29 is 22.0 Å². The Kier molecular flexibility index (Phi) is 4.59. The summed E-state index contributed by atoms with van der Waals surface area (Å²) in [5.41, 5.74) is -0.538. The predicted octanol–water partition coefficient (Wildman–Crippen LogP) is 1.67. The van der Waals surface area contributed by atoms with Crippen LogP contribution in [-0.2, 0) is 14.8 Å². The summed E-state index contributed by atoms with van der Waals surface area (Å²) in [7, 11) is -4.85. The third-order valence-electron chi connectivity index (χ3n) is 3.28. The van der Waals surface area contributed by atoms with Gasteiger partial charge in [-0.05, 0) is 25.1 Å². The van der Waals surface area contributed by atoms with E-state index >= 15 is 0 Å². The minimum atomic E-state index is -4.85. The van der Waals surface area contributed by atoms with E-state index in [2.05, 4.69) is 15.1 Å². The minimum absolute atomic E-state index is 0.0594. The maximum absolute atomic E-state index is 14.1. The second-order valence-corrected chi connectivity index (χ2v) is 7.02. The van der Waals surface area contributed by atoms with Crippen LogP contribution in [0.25, 0.3) is 5.78 Å². The minimum Gasteiger partial charge on any atom is -0.272 e. The number of benzene rings is 1. The molecule has 0 spiro atoms. The second kappa shape index (κ2) is 6.57. The Morgan fingerprint density at radius 2 is 1.88 bits per heavy atom.